The van der Waals surface area contributed by atoms with Crippen LogP contribution in [0.3, 0.4) is 0 Å². The Morgan fingerprint density at radius 3 is 2.63 bits per heavy atom. The zero-order valence-corrected chi connectivity index (χ0v) is 11.2. The van der Waals surface area contributed by atoms with Gasteiger partial charge in [0.25, 0.3) is 0 Å². The van der Waals surface area contributed by atoms with Crippen molar-refractivity contribution in [2.75, 3.05) is 0 Å². The molecule has 0 unspecified atom stereocenters. The predicted octanol–water partition coefficient (Wildman–Crippen LogP) is 2.38. The molecule has 102 valence electrons. The molecular weight excluding hydrogens is 242 g/mol. The van der Waals surface area contributed by atoms with E-state index < -0.39 is 12.0 Å². The van der Waals surface area contributed by atoms with Crippen LogP contribution in [-0.4, -0.2) is 23.0 Å². The number of hydrogen-bond donors (Lipinski definition) is 2. The normalized spacial score (nSPS) is 12.3. The van der Waals surface area contributed by atoms with E-state index in [-0.39, 0.29) is 5.91 Å². The van der Waals surface area contributed by atoms with Crippen LogP contribution >= 0.6 is 0 Å². The number of carboxylic acids is 1. The molecule has 2 N–H and O–H groups in total. The number of nitrogens with one attached hydrogen (secondary N) is 1. The molecule has 0 aromatic heterocycles. The highest BCUT2D eigenvalue weighted by Gasteiger charge is 2.17. The molecule has 19 heavy (non-hydrogen) atoms. The molecule has 0 radical (unpaired) electrons. The fraction of sp³-hybridized carbons (Fsp3) is 0.333. The summed E-state index contributed by atoms with van der Waals surface area (Å²) in [5.74, 6) is -1.39. The Hall–Kier alpha value is -2.10. The molecule has 0 fully saturated rings. The van der Waals surface area contributed by atoms with Gasteiger partial charge in [-0.2, -0.15) is 0 Å². The average Bonchev–Trinajstić information content (AvgIpc) is 2.37. The molecule has 1 aromatic rings. The average molecular weight is 261 g/mol. The predicted molar refractivity (Wildman–Crippen MR) is 74.7 cm³/mol. The minimum absolute atomic E-state index is 0.385. The van der Waals surface area contributed by atoms with Crippen LogP contribution in [0, 0.1) is 6.92 Å². The molecule has 0 aliphatic carbocycles. The molecule has 0 saturated carbocycles. The first-order chi connectivity index (χ1) is 9.04. The van der Waals surface area contributed by atoms with Gasteiger partial charge in [-0.15, -0.1) is 0 Å². The van der Waals surface area contributed by atoms with Gasteiger partial charge >= 0.3 is 5.97 Å². The fourth-order valence-corrected chi connectivity index (χ4v) is 1.71. The van der Waals surface area contributed by atoms with E-state index in [1.165, 1.54) is 6.08 Å². The van der Waals surface area contributed by atoms with E-state index in [1.54, 1.807) is 6.08 Å². The van der Waals surface area contributed by atoms with E-state index in [0.717, 1.165) is 11.1 Å². The summed E-state index contributed by atoms with van der Waals surface area (Å²) < 4.78 is 0. The van der Waals surface area contributed by atoms with Crippen LogP contribution in [0.1, 0.15) is 30.9 Å². The molecule has 1 aromatic carbocycles. The van der Waals surface area contributed by atoms with E-state index in [2.05, 4.69) is 5.32 Å². The largest absolute Gasteiger partial charge is 0.480 e. The van der Waals surface area contributed by atoms with E-state index >= 15 is 0 Å². The third kappa shape index (κ3) is 4.95. The van der Waals surface area contributed by atoms with Crippen molar-refractivity contribution in [1.82, 2.24) is 5.32 Å². The number of amides is 1. The molecular formula is C15H19NO3. The highest BCUT2D eigenvalue weighted by atomic mass is 16.4. The SMILES string of the molecule is CCC[C@@H](NC(=O)/C=C/c1ccccc1C)C(=O)O. The van der Waals surface area contributed by atoms with Crippen molar-refractivity contribution in [1.29, 1.82) is 0 Å². The number of aryl methyl sites for hydroxylation is 1. The van der Waals surface area contributed by atoms with E-state index in [4.69, 9.17) is 5.11 Å². The lowest BCUT2D eigenvalue weighted by Gasteiger charge is -2.11. The molecule has 0 bridgehead atoms. The van der Waals surface area contributed by atoms with Crippen LogP contribution < -0.4 is 5.32 Å². The van der Waals surface area contributed by atoms with Crippen LogP contribution in [0.4, 0.5) is 0 Å². The monoisotopic (exact) mass is 261 g/mol. The third-order valence-corrected chi connectivity index (χ3v) is 2.79. The van der Waals surface area contributed by atoms with Gasteiger partial charge in [-0.25, -0.2) is 4.79 Å². The summed E-state index contributed by atoms with van der Waals surface area (Å²) in [6, 6.07) is 6.85. The lowest BCUT2D eigenvalue weighted by Crippen LogP contribution is -2.39. The number of carbonyl (C=O) groups is 2. The Balaban J connectivity index is 2.64. The number of aliphatic carboxylic acids is 1. The summed E-state index contributed by atoms with van der Waals surface area (Å²) in [6.45, 7) is 3.83. The second kappa shape index (κ2) is 7.36. The van der Waals surface area contributed by atoms with Gasteiger partial charge < -0.3 is 10.4 Å². The van der Waals surface area contributed by atoms with Gasteiger partial charge in [0, 0.05) is 6.08 Å². The molecule has 0 saturated heterocycles. The third-order valence-electron chi connectivity index (χ3n) is 2.79. The lowest BCUT2D eigenvalue weighted by molar-refractivity contribution is -0.141. The van der Waals surface area contributed by atoms with Crippen molar-refractivity contribution in [2.24, 2.45) is 0 Å². The molecule has 1 rings (SSSR count). The molecule has 1 atom stereocenters. The topological polar surface area (TPSA) is 66.4 Å². The summed E-state index contributed by atoms with van der Waals surface area (Å²) in [5, 5.41) is 11.4. The Bertz CT molecular complexity index is 480. The van der Waals surface area contributed by atoms with Crippen LogP contribution in [0.15, 0.2) is 30.3 Å². The smallest absolute Gasteiger partial charge is 0.326 e. The Morgan fingerprint density at radius 1 is 1.37 bits per heavy atom. The van der Waals surface area contributed by atoms with E-state index in [1.807, 2.05) is 38.1 Å². The zero-order valence-electron chi connectivity index (χ0n) is 11.2. The van der Waals surface area contributed by atoms with Crippen LogP contribution in [0.25, 0.3) is 6.08 Å². The Labute approximate surface area is 113 Å². The number of rotatable bonds is 6. The number of benzene rings is 1. The van der Waals surface area contributed by atoms with Gasteiger partial charge in [-0.1, -0.05) is 37.6 Å². The van der Waals surface area contributed by atoms with Gasteiger partial charge in [-0.3, -0.25) is 4.79 Å². The van der Waals surface area contributed by atoms with Crippen molar-refractivity contribution in [3.8, 4) is 0 Å². The molecule has 0 aliphatic heterocycles. The Kier molecular flexibility index (Phi) is 5.79. The summed E-state index contributed by atoms with van der Waals surface area (Å²) in [5.41, 5.74) is 2.01. The van der Waals surface area contributed by atoms with Crippen molar-refractivity contribution in [2.45, 2.75) is 32.7 Å². The minimum atomic E-state index is -1.00. The summed E-state index contributed by atoms with van der Waals surface area (Å²) >= 11 is 0. The summed E-state index contributed by atoms with van der Waals surface area (Å²) in [7, 11) is 0. The second-order valence-corrected chi connectivity index (χ2v) is 4.38. The number of hydrogen-bond acceptors (Lipinski definition) is 2. The summed E-state index contributed by atoms with van der Waals surface area (Å²) in [6.07, 6.45) is 4.20. The van der Waals surface area contributed by atoms with Gasteiger partial charge in [0.2, 0.25) is 5.91 Å². The van der Waals surface area contributed by atoms with Crippen molar-refractivity contribution in [3.63, 3.8) is 0 Å². The molecule has 0 aliphatic rings. The minimum Gasteiger partial charge on any atom is -0.480 e. The van der Waals surface area contributed by atoms with Crippen LogP contribution in [-0.2, 0) is 9.59 Å². The van der Waals surface area contributed by atoms with Crippen molar-refractivity contribution < 1.29 is 14.7 Å². The molecule has 0 heterocycles. The van der Waals surface area contributed by atoms with Gasteiger partial charge in [-0.05, 0) is 30.5 Å². The van der Waals surface area contributed by atoms with Gasteiger partial charge in [0.05, 0.1) is 0 Å². The zero-order chi connectivity index (χ0) is 14.3. The lowest BCUT2D eigenvalue weighted by atomic mass is 10.1. The maximum atomic E-state index is 11.7. The van der Waals surface area contributed by atoms with Crippen LogP contribution in [0.2, 0.25) is 0 Å². The van der Waals surface area contributed by atoms with Crippen LogP contribution in [0.5, 0.6) is 0 Å². The maximum absolute atomic E-state index is 11.7. The highest BCUT2D eigenvalue weighted by molar-refractivity contribution is 5.94. The first-order valence-corrected chi connectivity index (χ1v) is 6.31. The van der Waals surface area contributed by atoms with Gasteiger partial charge in [0.15, 0.2) is 0 Å². The van der Waals surface area contributed by atoms with Crippen molar-refractivity contribution >= 4 is 18.0 Å². The van der Waals surface area contributed by atoms with E-state index in [0.29, 0.717) is 12.8 Å². The molecule has 4 heteroatoms. The molecule has 4 nitrogen and oxygen atoms in total. The first kappa shape index (κ1) is 15.0. The second-order valence-electron chi connectivity index (χ2n) is 4.38. The highest BCUT2D eigenvalue weighted by Crippen LogP contribution is 2.08. The van der Waals surface area contributed by atoms with E-state index in [9.17, 15) is 9.59 Å². The molecule has 0 spiro atoms. The fourth-order valence-electron chi connectivity index (χ4n) is 1.71. The number of carbonyl (C=O) groups excluding carboxylic acids is 1. The standard InChI is InChI=1S/C15H19NO3/c1-3-6-13(15(18)19)16-14(17)10-9-12-8-5-4-7-11(12)2/h4-5,7-10,13H,3,6H2,1-2H3,(H,16,17)(H,18,19)/b10-9+/t13-/m1/s1. The molecule has 1 amide bonds. The van der Waals surface area contributed by atoms with Gasteiger partial charge in [0.1, 0.15) is 6.04 Å². The quantitative estimate of drug-likeness (QED) is 0.773. The maximum Gasteiger partial charge on any atom is 0.326 e. The summed E-state index contributed by atoms with van der Waals surface area (Å²) in [4.78, 5) is 22.6. The van der Waals surface area contributed by atoms with Crippen molar-refractivity contribution in [3.05, 3.63) is 41.5 Å². The first-order valence-electron chi connectivity index (χ1n) is 6.31. The Morgan fingerprint density at radius 2 is 2.05 bits per heavy atom. The number of carboxylic acid groups (broad SMARTS) is 1.